The monoisotopic (exact) mass is 262 g/mol. The Kier molecular flexibility index (Phi) is 3.36. The third kappa shape index (κ3) is 2.15. The second-order valence-corrected chi connectivity index (χ2v) is 5.06. The summed E-state index contributed by atoms with van der Waals surface area (Å²) >= 11 is 0.966. The molecule has 0 aliphatic carbocycles. The quantitative estimate of drug-likeness (QED) is 0.625. The standard InChI is InChI=1S/C9H11FN2O4S/c10-6-7(15)4(3-13)17-8(6)12-2-1-5(14)11-9(12)16/h1-2,4,6-8,13,15H,3H2,(H,11,14,16)/t4-,6+,7-,8?/m1/s1. The van der Waals surface area contributed by atoms with Crippen molar-refractivity contribution in [2.75, 3.05) is 6.61 Å². The van der Waals surface area contributed by atoms with Crippen molar-refractivity contribution in [2.24, 2.45) is 0 Å². The van der Waals surface area contributed by atoms with E-state index in [9.17, 15) is 19.1 Å². The topological polar surface area (TPSA) is 95.3 Å². The molecule has 4 atom stereocenters. The van der Waals surface area contributed by atoms with Gasteiger partial charge in [-0.2, -0.15) is 0 Å². The van der Waals surface area contributed by atoms with E-state index >= 15 is 0 Å². The maximum Gasteiger partial charge on any atom is 0.329 e. The molecule has 1 aromatic heterocycles. The Balaban J connectivity index is 2.35. The Hall–Kier alpha value is -1.12. The second kappa shape index (κ2) is 4.63. The SMILES string of the molecule is O=c1ccn(C2S[C@H](CO)[C@@H](O)[C@@H]2F)c(=O)[nH]1. The van der Waals surface area contributed by atoms with Gasteiger partial charge in [-0.1, -0.05) is 0 Å². The van der Waals surface area contributed by atoms with Crippen molar-refractivity contribution in [3.8, 4) is 0 Å². The molecular formula is C9H11FN2O4S. The minimum absolute atomic E-state index is 0.374. The van der Waals surface area contributed by atoms with Crippen molar-refractivity contribution >= 4 is 11.8 Å². The van der Waals surface area contributed by atoms with Gasteiger partial charge in [0, 0.05) is 12.3 Å². The molecule has 2 rings (SSSR count). The van der Waals surface area contributed by atoms with Gasteiger partial charge < -0.3 is 10.2 Å². The first-order chi connectivity index (χ1) is 8.04. The maximum atomic E-state index is 13.8. The van der Waals surface area contributed by atoms with Crippen LogP contribution in [0.15, 0.2) is 21.9 Å². The van der Waals surface area contributed by atoms with Gasteiger partial charge in [0.15, 0.2) is 6.17 Å². The van der Waals surface area contributed by atoms with Gasteiger partial charge in [0.05, 0.1) is 11.9 Å². The Morgan fingerprint density at radius 3 is 2.76 bits per heavy atom. The third-order valence-corrected chi connectivity index (χ3v) is 4.14. The number of hydrogen-bond donors (Lipinski definition) is 3. The highest BCUT2D eigenvalue weighted by atomic mass is 32.2. The van der Waals surface area contributed by atoms with Crippen LogP contribution < -0.4 is 11.2 Å². The van der Waals surface area contributed by atoms with Gasteiger partial charge in [-0.3, -0.25) is 14.3 Å². The van der Waals surface area contributed by atoms with E-state index in [2.05, 4.69) is 0 Å². The number of nitrogens with one attached hydrogen (secondary N) is 1. The average molecular weight is 262 g/mol. The molecule has 1 unspecified atom stereocenters. The number of aliphatic hydroxyl groups is 2. The van der Waals surface area contributed by atoms with Gasteiger partial charge in [0.2, 0.25) is 0 Å². The molecular weight excluding hydrogens is 251 g/mol. The zero-order valence-electron chi connectivity index (χ0n) is 8.62. The first-order valence-corrected chi connectivity index (χ1v) is 5.89. The predicted molar refractivity (Wildman–Crippen MR) is 59.7 cm³/mol. The van der Waals surface area contributed by atoms with Crippen molar-refractivity contribution in [3.05, 3.63) is 33.1 Å². The molecule has 1 aliphatic rings. The Labute approximate surface area is 99.1 Å². The molecule has 0 saturated carbocycles. The molecule has 1 aromatic rings. The summed E-state index contributed by atoms with van der Waals surface area (Å²) in [7, 11) is 0. The van der Waals surface area contributed by atoms with Crippen LogP contribution in [0.4, 0.5) is 4.39 Å². The number of H-pyrrole nitrogens is 1. The van der Waals surface area contributed by atoms with Crippen LogP contribution in [-0.2, 0) is 0 Å². The van der Waals surface area contributed by atoms with Gasteiger partial charge in [0.1, 0.15) is 11.5 Å². The van der Waals surface area contributed by atoms with Crippen LogP contribution in [0, 0.1) is 0 Å². The van der Waals surface area contributed by atoms with E-state index in [-0.39, 0.29) is 6.61 Å². The molecule has 2 heterocycles. The molecule has 0 aromatic carbocycles. The summed E-state index contributed by atoms with van der Waals surface area (Å²) < 4.78 is 14.8. The largest absolute Gasteiger partial charge is 0.395 e. The molecule has 6 nitrogen and oxygen atoms in total. The minimum atomic E-state index is -1.67. The first-order valence-electron chi connectivity index (χ1n) is 4.94. The number of thioether (sulfide) groups is 1. The Morgan fingerprint density at radius 2 is 2.24 bits per heavy atom. The van der Waals surface area contributed by atoms with E-state index in [0.717, 1.165) is 22.4 Å². The molecule has 0 bridgehead atoms. The van der Waals surface area contributed by atoms with Crippen LogP contribution in [-0.4, -0.2) is 43.9 Å². The summed E-state index contributed by atoms with van der Waals surface area (Å²) in [4.78, 5) is 24.3. The highest BCUT2D eigenvalue weighted by Gasteiger charge is 2.44. The number of alkyl halides is 1. The van der Waals surface area contributed by atoms with Gasteiger partial charge in [-0.15, -0.1) is 11.8 Å². The van der Waals surface area contributed by atoms with Crippen LogP contribution in [0.3, 0.4) is 0 Å². The third-order valence-electron chi connectivity index (χ3n) is 2.60. The highest BCUT2D eigenvalue weighted by Crippen LogP contribution is 2.42. The summed E-state index contributed by atoms with van der Waals surface area (Å²) in [5.41, 5.74) is -1.30. The normalized spacial score (nSPS) is 32.9. The molecule has 3 N–H and O–H groups in total. The van der Waals surface area contributed by atoms with E-state index in [1.54, 1.807) is 0 Å². The average Bonchev–Trinajstić information content (AvgIpc) is 2.57. The Bertz CT molecular complexity index is 516. The summed E-state index contributed by atoms with van der Waals surface area (Å²) in [6.45, 7) is -0.374. The van der Waals surface area contributed by atoms with Crippen LogP contribution in [0.2, 0.25) is 0 Å². The van der Waals surface area contributed by atoms with E-state index < -0.39 is 34.1 Å². The fraction of sp³-hybridized carbons (Fsp3) is 0.556. The van der Waals surface area contributed by atoms with Crippen LogP contribution in [0.1, 0.15) is 5.37 Å². The van der Waals surface area contributed by atoms with Gasteiger partial charge in [0.25, 0.3) is 5.56 Å². The van der Waals surface area contributed by atoms with E-state index in [4.69, 9.17) is 5.11 Å². The number of nitrogens with zero attached hydrogens (tertiary/aromatic N) is 1. The fourth-order valence-electron chi connectivity index (χ4n) is 1.71. The highest BCUT2D eigenvalue weighted by molar-refractivity contribution is 8.00. The molecule has 1 aliphatic heterocycles. The number of rotatable bonds is 2. The van der Waals surface area contributed by atoms with Crippen LogP contribution in [0.25, 0.3) is 0 Å². The Morgan fingerprint density at radius 1 is 1.53 bits per heavy atom. The lowest BCUT2D eigenvalue weighted by Crippen LogP contribution is -2.35. The number of aliphatic hydroxyl groups excluding tert-OH is 2. The van der Waals surface area contributed by atoms with E-state index in [0.29, 0.717) is 0 Å². The van der Waals surface area contributed by atoms with Crippen molar-refractivity contribution in [3.63, 3.8) is 0 Å². The van der Waals surface area contributed by atoms with E-state index in [1.165, 1.54) is 6.20 Å². The van der Waals surface area contributed by atoms with Crippen LogP contribution >= 0.6 is 11.8 Å². The summed E-state index contributed by atoms with van der Waals surface area (Å²) in [6.07, 6.45) is -1.81. The number of hydrogen-bond acceptors (Lipinski definition) is 5. The van der Waals surface area contributed by atoms with E-state index in [1.807, 2.05) is 4.98 Å². The van der Waals surface area contributed by atoms with Gasteiger partial charge in [-0.05, 0) is 0 Å². The number of aromatic nitrogens is 2. The number of halogens is 1. The lowest BCUT2D eigenvalue weighted by atomic mass is 10.1. The van der Waals surface area contributed by atoms with Crippen molar-refractivity contribution < 1.29 is 14.6 Å². The predicted octanol–water partition coefficient (Wildman–Crippen LogP) is -1.16. The van der Waals surface area contributed by atoms with Gasteiger partial charge in [-0.25, -0.2) is 9.18 Å². The summed E-state index contributed by atoms with van der Waals surface area (Å²) in [5.74, 6) is 0. The van der Waals surface area contributed by atoms with Crippen molar-refractivity contribution in [1.82, 2.24) is 9.55 Å². The summed E-state index contributed by atoms with van der Waals surface area (Å²) in [5, 5.41) is 16.8. The lowest BCUT2D eigenvalue weighted by molar-refractivity contribution is 0.0631. The zero-order chi connectivity index (χ0) is 12.6. The molecule has 94 valence electrons. The molecule has 1 fully saturated rings. The van der Waals surface area contributed by atoms with Crippen molar-refractivity contribution in [1.29, 1.82) is 0 Å². The smallest absolute Gasteiger partial charge is 0.329 e. The summed E-state index contributed by atoms with van der Waals surface area (Å²) in [6, 6.07) is 1.10. The molecule has 0 amide bonds. The zero-order valence-corrected chi connectivity index (χ0v) is 9.43. The fourth-order valence-corrected chi connectivity index (χ4v) is 3.07. The minimum Gasteiger partial charge on any atom is -0.395 e. The molecule has 1 saturated heterocycles. The second-order valence-electron chi connectivity index (χ2n) is 3.70. The maximum absolute atomic E-state index is 13.8. The van der Waals surface area contributed by atoms with Gasteiger partial charge >= 0.3 is 5.69 Å². The number of aromatic amines is 1. The molecule has 0 radical (unpaired) electrons. The van der Waals surface area contributed by atoms with Crippen LogP contribution in [0.5, 0.6) is 0 Å². The lowest BCUT2D eigenvalue weighted by Gasteiger charge is -2.15. The first kappa shape index (κ1) is 12.3. The molecule has 0 spiro atoms. The molecule has 17 heavy (non-hydrogen) atoms. The van der Waals surface area contributed by atoms with Crippen molar-refractivity contribution in [2.45, 2.75) is 22.9 Å². The molecule has 8 heteroatoms.